The Hall–Kier alpha value is -3.46. The number of hydrogen-bond acceptors (Lipinski definition) is 1. The molecular formula is C35H37FNO+. The summed E-state index contributed by atoms with van der Waals surface area (Å²) in [5, 5.41) is 6.00. The van der Waals surface area contributed by atoms with Crippen LogP contribution in [0.1, 0.15) is 58.2 Å². The Balaban J connectivity index is 1.77. The standard InChI is InChI=1S/C35H37FNO/c1-20-25-16-21(18-34(2,3)4)12-13-23(25)27(19-35(5,6)7)33-29(20)31-30-22(14-15-37(31)8)17-26-24(32(30)38-33)10-9-11-28(26)36/h9-17H,18-19H2,1-8H3/q+1. The van der Waals surface area contributed by atoms with Crippen LogP contribution in [0.4, 0.5) is 4.39 Å². The highest BCUT2D eigenvalue weighted by atomic mass is 19.1. The van der Waals surface area contributed by atoms with Gasteiger partial charge in [0.25, 0.3) is 0 Å². The predicted octanol–water partition coefficient (Wildman–Crippen LogP) is 9.37. The molecule has 2 heterocycles. The zero-order valence-corrected chi connectivity index (χ0v) is 23.8. The molecule has 5 aromatic rings. The van der Waals surface area contributed by atoms with Gasteiger partial charge in [-0.2, -0.15) is 0 Å². The van der Waals surface area contributed by atoms with E-state index in [9.17, 15) is 4.39 Å². The highest BCUT2D eigenvalue weighted by Gasteiger charge is 2.35. The molecule has 0 saturated carbocycles. The molecule has 0 radical (unpaired) electrons. The molecule has 0 spiro atoms. The van der Waals surface area contributed by atoms with Crippen molar-refractivity contribution in [3.63, 3.8) is 0 Å². The number of pyridine rings is 1. The van der Waals surface area contributed by atoms with Crippen molar-refractivity contribution in [2.75, 3.05) is 0 Å². The van der Waals surface area contributed by atoms with E-state index in [-0.39, 0.29) is 16.6 Å². The molecule has 0 amide bonds. The van der Waals surface area contributed by atoms with Crippen molar-refractivity contribution in [3.05, 3.63) is 77.2 Å². The van der Waals surface area contributed by atoms with Crippen LogP contribution in [0.25, 0.3) is 43.6 Å². The predicted molar refractivity (Wildman–Crippen MR) is 157 cm³/mol. The van der Waals surface area contributed by atoms with Crippen LogP contribution < -0.4 is 9.30 Å². The third-order valence-electron chi connectivity index (χ3n) is 7.75. The Morgan fingerprint density at radius 2 is 1.53 bits per heavy atom. The fourth-order valence-electron chi connectivity index (χ4n) is 6.27. The lowest BCUT2D eigenvalue weighted by atomic mass is 9.80. The number of fused-ring (bicyclic) bond motifs is 5. The first-order chi connectivity index (χ1) is 17.8. The van der Waals surface area contributed by atoms with Crippen LogP contribution in [0, 0.1) is 23.6 Å². The monoisotopic (exact) mass is 506 g/mol. The molecule has 38 heavy (non-hydrogen) atoms. The maximum absolute atomic E-state index is 15.0. The Bertz CT molecular complexity index is 1780. The van der Waals surface area contributed by atoms with E-state index in [4.69, 9.17) is 4.74 Å². The highest BCUT2D eigenvalue weighted by molar-refractivity contribution is 6.13. The molecule has 0 atom stereocenters. The molecule has 1 aliphatic heterocycles. The molecule has 6 rings (SSSR count). The van der Waals surface area contributed by atoms with E-state index in [0.717, 1.165) is 51.8 Å². The zero-order chi connectivity index (χ0) is 27.1. The van der Waals surface area contributed by atoms with Crippen molar-refractivity contribution >= 4 is 32.3 Å². The number of aryl methyl sites for hydroxylation is 2. The minimum Gasteiger partial charge on any atom is -0.455 e. The van der Waals surface area contributed by atoms with Crippen LogP contribution in [-0.2, 0) is 19.9 Å². The van der Waals surface area contributed by atoms with Crippen LogP contribution >= 0.6 is 0 Å². The van der Waals surface area contributed by atoms with E-state index < -0.39 is 0 Å². The molecule has 0 fully saturated rings. The Kier molecular flexibility index (Phi) is 5.41. The molecule has 0 saturated heterocycles. The number of halogens is 1. The number of nitrogens with zero attached hydrogens (tertiary/aromatic N) is 1. The van der Waals surface area contributed by atoms with Crippen LogP contribution in [0.2, 0.25) is 0 Å². The van der Waals surface area contributed by atoms with Gasteiger partial charge in [0.2, 0.25) is 5.69 Å². The van der Waals surface area contributed by atoms with Crippen molar-refractivity contribution in [2.45, 2.75) is 61.3 Å². The third-order valence-corrected chi connectivity index (χ3v) is 7.75. The van der Waals surface area contributed by atoms with Crippen molar-refractivity contribution < 1.29 is 13.7 Å². The van der Waals surface area contributed by atoms with Gasteiger partial charge in [0, 0.05) is 22.4 Å². The molecule has 0 N–H and O–H groups in total. The Morgan fingerprint density at radius 3 is 2.24 bits per heavy atom. The first kappa shape index (κ1) is 24.9. The number of benzene rings is 4. The maximum atomic E-state index is 15.0. The summed E-state index contributed by atoms with van der Waals surface area (Å²) in [5.74, 6) is 1.45. The normalized spacial score (nSPS) is 13.3. The number of hydrogen-bond donors (Lipinski definition) is 0. The zero-order valence-electron chi connectivity index (χ0n) is 23.8. The van der Waals surface area contributed by atoms with Crippen LogP contribution in [0.5, 0.6) is 11.5 Å². The average molecular weight is 507 g/mol. The minimum absolute atomic E-state index is 0.0583. The number of rotatable bonds is 2. The lowest BCUT2D eigenvalue weighted by Crippen LogP contribution is -2.32. The lowest BCUT2D eigenvalue weighted by molar-refractivity contribution is -0.659. The third kappa shape index (κ3) is 3.95. The molecule has 2 nitrogen and oxygen atoms in total. The molecular weight excluding hydrogens is 469 g/mol. The summed E-state index contributed by atoms with van der Waals surface area (Å²) in [6, 6.07) is 16.3. The summed E-state index contributed by atoms with van der Waals surface area (Å²) in [5.41, 5.74) is 6.38. The van der Waals surface area contributed by atoms with Gasteiger partial charge in [0.15, 0.2) is 6.20 Å². The molecule has 0 bridgehead atoms. The summed E-state index contributed by atoms with van der Waals surface area (Å²) in [6.45, 7) is 15.9. The van der Waals surface area contributed by atoms with Gasteiger partial charge in [0.05, 0.1) is 10.9 Å². The summed E-state index contributed by atoms with van der Waals surface area (Å²) in [6.07, 6.45) is 3.99. The van der Waals surface area contributed by atoms with E-state index in [1.165, 1.54) is 33.5 Å². The first-order valence-electron chi connectivity index (χ1n) is 13.6. The van der Waals surface area contributed by atoms with Gasteiger partial charge >= 0.3 is 0 Å². The second-order valence-electron chi connectivity index (χ2n) is 13.5. The SMILES string of the molecule is Cc1c2c(c(CC(C)(C)C)c3ccc(CC(C)(C)C)cc13)Oc1c3cccc(F)c3cc3cc[n+](C)c-2c13. The van der Waals surface area contributed by atoms with Gasteiger partial charge in [-0.15, -0.1) is 0 Å². The van der Waals surface area contributed by atoms with E-state index >= 15 is 0 Å². The van der Waals surface area contributed by atoms with E-state index in [0.29, 0.717) is 5.39 Å². The molecule has 194 valence electrons. The lowest BCUT2D eigenvalue weighted by Gasteiger charge is -2.29. The van der Waals surface area contributed by atoms with E-state index in [1.807, 2.05) is 12.1 Å². The maximum Gasteiger partial charge on any atom is 0.228 e. The first-order valence-corrected chi connectivity index (χ1v) is 13.6. The highest BCUT2D eigenvalue weighted by Crippen LogP contribution is 2.53. The van der Waals surface area contributed by atoms with Crippen molar-refractivity contribution in [2.24, 2.45) is 17.9 Å². The summed E-state index contributed by atoms with van der Waals surface area (Å²) < 4.78 is 24.2. The fourth-order valence-corrected chi connectivity index (χ4v) is 6.27. The topological polar surface area (TPSA) is 13.1 Å². The van der Waals surface area contributed by atoms with Crippen LogP contribution in [0.3, 0.4) is 0 Å². The van der Waals surface area contributed by atoms with E-state index in [1.54, 1.807) is 6.07 Å². The van der Waals surface area contributed by atoms with Gasteiger partial charge < -0.3 is 4.74 Å². The van der Waals surface area contributed by atoms with Crippen molar-refractivity contribution in [3.8, 4) is 22.8 Å². The quantitative estimate of drug-likeness (QED) is 0.168. The number of aromatic nitrogens is 1. The second kappa shape index (κ2) is 8.27. The minimum atomic E-state index is -0.221. The van der Waals surface area contributed by atoms with Gasteiger partial charge in [-0.1, -0.05) is 71.9 Å². The Labute approximate surface area is 225 Å². The number of ether oxygens (including phenoxy) is 1. The summed E-state index contributed by atoms with van der Waals surface area (Å²) in [4.78, 5) is 0. The van der Waals surface area contributed by atoms with Crippen molar-refractivity contribution in [1.29, 1.82) is 0 Å². The molecule has 3 heteroatoms. The van der Waals surface area contributed by atoms with Gasteiger partial charge in [-0.3, -0.25) is 0 Å². The second-order valence-corrected chi connectivity index (χ2v) is 13.5. The average Bonchev–Trinajstić information content (AvgIpc) is 2.82. The van der Waals surface area contributed by atoms with E-state index in [2.05, 4.69) is 90.5 Å². The van der Waals surface area contributed by atoms with Crippen LogP contribution in [0.15, 0.2) is 54.7 Å². The van der Waals surface area contributed by atoms with Gasteiger partial charge in [-0.05, 0) is 70.0 Å². The molecule has 0 aliphatic carbocycles. The van der Waals surface area contributed by atoms with Crippen molar-refractivity contribution in [1.82, 2.24) is 0 Å². The summed E-state index contributed by atoms with van der Waals surface area (Å²) in [7, 11) is 2.10. The molecule has 4 aromatic carbocycles. The largest absolute Gasteiger partial charge is 0.455 e. The van der Waals surface area contributed by atoms with Gasteiger partial charge in [0.1, 0.15) is 24.4 Å². The smallest absolute Gasteiger partial charge is 0.228 e. The fraction of sp³-hybridized carbons (Fsp3) is 0.343. The Morgan fingerprint density at radius 1 is 0.789 bits per heavy atom. The summed E-state index contributed by atoms with van der Waals surface area (Å²) >= 11 is 0. The molecule has 1 aliphatic rings. The van der Waals surface area contributed by atoms with Crippen LogP contribution in [-0.4, -0.2) is 0 Å². The molecule has 0 unspecified atom stereocenters. The van der Waals surface area contributed by atoms with Gasteiger partial charge in [-0.25, -0.2) is 8.96 Å². The molecule has 1 aromatic heterocycles.